The van der Waals surface area contributed by atoms with E-state index in [0.717, 1.165) is 5.69 Å². The minimum Gasteiger partial charge on any atom is -0.508 e. The Morgan fingerprint density at radius 1 is 1.14 bits per heavy atom. The molecule has 2 aromatic carbocycles. The summed E-state index contributed by atoms with van der Waals surface area (Å²) in [5.41, 5.74) is 1.31. The van der Waals surface area contributed by atoms with Gasteiger partial charge in [0.1, 0.15) is 11.6 Å². The summed E-state index contributed by atoms with van der Waals surface area (Å²) in [6.07, 6.45) is -0.815. The van der Waals surface area contributed by atoms with Crippen LogP contribution in [-0.4, -0.2) is 23.0 Å². The fourth-order valence-electron chi connectivity index (χ4n) is 2.25. The highest BCUT2D eigenvalue weighted by atomic mass is 16.3. The maximum Gasteiger partial charge on any atom is 0.295 e. The van der Waals surface area contributed by atoms with Crippen LogP contribution in [0.4, 0.5) is 11.4 Å². The lowest BCUT2D eigenvalue weighted by Crippen LogP contribution is -2.35. The van der Waals surface area contributed by atoms with Crippen molar-refractivity contribution < 1.29 is 9.90 Å². The zero-order valence-electron chi connectivity index (χ0n) is 11.9. The first-order chi connectivity index (χ1) is 10.6. The van der Waals surface area contributed by atoms with Crippen molar-refractivity contribution in [2.75, 3.05) is 4.90 Å². The maximum atomic E-state index is 12.0. The summed E-state index contributed by atoms with van der Waals surface area (Å²) in [7, 11) is 0. The highest BCUT2D eigenvalue weighted by molar-refractivity contribution is 6.13. The van der Waals surface area contributed by atoms with Gasteiger partial charge in [0.25, 0.3) is 5.91 Å². The molecule has 1 N–H and O–H groups in total. The van der Waals surface area contributed by atoms with Crippen LogP contribution in [0.2, 0.25) is 0 Å². The molecule has 0 saturated carbocycles. The Morgan fingerprint density at radius 2 is 1.91 bits per heavy atom. The minimum absolute atomic E-state index is 0.0987. The number of carbonyl (C=O) groups excluding carboxylic acids is 1. The highest BCUT2D eigenvalue weighted by Gasteiger charge is 2.34. The number of rotatable bonds is 3. The Kier molecular flexibility index (Phi) is 3.65. The van der Waals surface area contributed by atoms with Gasteiger partial charge in [-0.25, -0.2) is 0 Å². The van der Waals surface area contributed by atoms with Crippen LogP contribution >= 0.6 is 0 Å². The number of amidine groups is 1. The largest absolute Gasteiger partial charge is 0.508 e. The van der Waals surface area contributed by atoms with Crippen LogP contribution in [0, 0.1) is 0 Å². The first-order valence-electron chi connectivity index (χ1n) is 6.78. The van der Waals surface area contributed by atoms with Crippen LogP contribution in [0.15, 0.2) is 69.8 Å². The monoisotopic (exact) mass is 294 g/mol. The van der Waals surface area contributed by atoms with Crippen molar-refractivity contribution in [2.45, 2.75) is 13.1 Å². The molecule has 1 aliphatic heterocycles. The Morgan fingerprint density at radius 3 is 2.64 bits per heavy atom. The lowest BCUT2D eigenvalue weighted by Gasteiger charge is -2.21. The van der Waals surface area contributed by atoms with E-state index in [-0.39, 0.29) is 11.7 Å². The molecule has 1 amide bonds. The summed E-state index contributed by atoms with van der Waals surface area (Å²) in [4.78, 5) is 17.7. The molecule has 1 heterocycles. The molecule has 0 aliphatic carbocycles. The number of phenolic OH excluding ortho intramolecular Hbond substituents is 1. The van der Waals surface area contributed by atoms with Crippen LogP contribution in [0.25, 0.3) is 0 Å². The molecule has 1 atom stereocenters. The average Bonchev–Trinajstić information content (AvgIpc) is 2.80. The topological polar surface area (TPSA) is 77.6 Å². The number of aromatic hydroxyl groups is 1. The van der Waals surface area contributed by atoms with E-state index < -0.39 is 6.17 Å². The molecular formula is C16H14N4O2. The number of hydrogen-bond acceptors (Lipinski definition) is 5. The lowest BCUT2D eigenvalue weighted by atomic mass is 10.2. The van der Waals surface area contributed by atoms with Gasteiger partial charge >= 0.3 is 0 Å². The van der Waals surface area contributed by atoms with Crippen LogP contribution in [0.1, 0.15) is 6.92 Å². The number of benzene rings is 2. The van der Waals surface area contributed by atoms with E-state index in [1.54, 1.807) is 30.0 Å². The van der Waals surface area contributed by atoms with Crippen molar-refractivity contribution in [1.82, 2.24) is 0 Å². The Labute approximate surface area is 127 Å². The van der Waals surface area contributed by atoms with Gasteiger partial charge in [0, 0.05) is 11.8 Å². The summed E-state index contributed by atoms with van der Waals surface area (Å²) in [6.45, 7) is 1.76. The molecular weight excluding hydrogens is 280 g/mol. The molecule has 0 spiro atoms. The van der Waals surface area contributed by atoms with Gasteiger partial charge in [0.05, 0.1) is 5.69 Å². The Hall–Kier alpha value is -3.02. The molecule has 1 aliphatic rings. The summed E-state index contributed by atoms with van der Waals surface area (Å²) in [5, 5.41) is 17.6. The van der Waals surface area contributed by atoms with Crippen LogP contribution in [0.3, 0.4) is 0 Å². The zero-order chi connectivity index (χ0) is 15.5. The quantitative estimate of drug-likeness (QED) is 0.882. The first kappa shape index (κ1) is 13.9. The number of anilines is 1. The third-order valence-corrected chi connectivity index (χ3v) is 3.23. The van der Waals surface area contributed by atoms with Crippen molar-refractivity contribution >= 4 is 23.1 Å². The Balaban J connectivity index is 1.90. The molecule has 0 radical (unpaired) electrons. The second-order valence-corrected chi connectivity index (χ2v) is 4.81. The fraction of sp³-hybridized carbons (Fsp3) is 0.125. The van der Waals surface area contributed by atoms with Crippen LogP contribution in [0.5, 0.6) is 5.75 Å². The standard InChI is InChI=1S/C16H14N4O2/c1-11-17-16(22)15(20(11)13-7-3-2-4-8-13)19-18-12-6-5-9-14(21)10-12/h2-10,15,21H,1H3/t15-/m0/s1. The molecule has 22 heavy (non-hydrogen) atoms. The van der Waals surface area contributed by atoms with Crippen molar-refractivity contribution in [3.63, 3.8) is 0 Å². The van der Waals surface area contributed by atoms with E-state index in [2.05, 4.69) is 15.2 Å². The Bertz CT molecular complexity index is 756. The summed E-state index contributed by atoms with van der Waals surface area (Å²) in [5.74, 6) is 0.322. The minimum atomic E-state index is -0.815. The van der Waals surface area contributed by atoms with Gasteiger partial charge in [0.15, 0.2) is 0 Å². The molecule has 0 aromatic heterocycles. The predicted octanol–water partition coefficient (Wildman–Crippen LogP) is 3.27. The summed E-state index contributed by atoms with van der Waals surface area (Å²) in [6, 6.07) is 15.8. The molecule has 0 saturated heterocycles. The number of amides is 1. The van der Waals surface area contributed by atoms with Crippen molar-refractivity contribution in [2.24, 2.45) is 15.2 Å². The van der Waals surface area contributed by atoms with Crippen molar-refractivity contribution in [1.29, 1.82) is 0 Å². The van der Waals surface area contributed by atoms with E-state index in [0.29, 0.717) is 11.5 Å². The number of azo groups is 1. The summed E-state index contributed by atoms with van der Waals surface area (Å²) >= 11 is 0. The molecule has 2 aromatic rings. The van der Waals surface area contributed by atoms with Gasteiger partial charge in [-0.15, -0.1) is 0 Å². The molecule has 3 rings (SSSR count). The van der Waals surface area contributed by atoms with E-state index in [1.807, 2.05) is 30.3 Å². The number of carbonyl (C=O) groups is 1. The first-order valence-corrected chi connectivity index (χ1v) is 6.78. The third kappa shape index (κ3) is 2.71. The van der Waals surface area contributed by atoms with Crippen molar-refractivity contribution in [3.8, 4) is 5.75 Å². The van der Waals surface area contributed by atoms with Gasteiger partial charge < -0.3 is 5.11 Å². The number of phenols is 1. The van der Waals surface area contributed by atoms with Gasteiger partial charge in [0.2, 0.25) is 6.17 Å². The number of aliphatic imine (C=N–C) groups is 1. The van der Waals surface area contributed by atoms with Gasteiger partial charge in [-0.05, 0) is 31.2 Å². The van der Waals surface area contributed by atoms with Gasteiger partial charge in [-0.2, -0.15) is 15.2 Å². The van der Waals surface area contributed by atoms with Crippen LogP contribution in [-0.2, 0) is 4.79 Å². The SMILES string of the molecule is CC1=NC(=O)[C@@H](N=Nc2cccc(O)c2)N1c1ccccc1. The van der Waals surface area contributed by atoms with Gasteiger partial charge in [-0.1, -0.05) is 24.3 Å². The predicted molar refractivity (Wildman–Crippen MR) is 83.4 cm³/mol. The van der Waals surface area contributed by atoms with Crippen LogP contribution < -0.4 is 4.90 Å². The third-order valence-electron chi connectivity index (χ3n) is 3.23. The fourth-order valence-corrected chi connectivity index (χ4v) is 2.25. The molecule has 0 fully saturated rings. The zero-order valence-corrected chi connectivity index (χ0v) is 11.9. The smallest absolute Gasteiger partial charge is 0.295 e. The molecule has 0 bridgehead atoms. The van der Waals surface area contributed by atoms with E-state index in [9.17, 15) is 9.90 Å². The second kappa shape index (κ2) is 5.77. The average molecular weight is 294 g/mol. The molecule has 110 valence electrons. The number of hydrogen-bond donors (Lipinski definition) is 1. The molecule has 6 nitrogen and oxygen atoms in total. The van der Waals surface area contributed by atoms with Gasteiger partial charge in [-0.3, -0.25) is 9.69 Å². The molecule has 6 heteroatoms. The second-order valence-electron chi connectivity index (χ2n) is 4.81. The maximum absolute atomic E-state index is 12.0. The highest BCUT2D eigenvalue weighted by Crippen LogP contribution is 2.25. The molecule has 0 unspecified atom stereocenters. The van der Waals surface area contributed by atoms with E-state index >= 15 is 0 Å². The lowest BCUT2D eigenvalue weighted by molar-refractivity contribution is -0.118. The number of para-hydroxylation sites is 1. The van der Waals surface area contributed by atoms with Crippen molar-refractivity contribution in [3.05, 3.63) is 54.6 Å². The summed E-state index contributed by atoms with van der Waals surface area (Å²) < 4.78 is 0. The van der Waals surface area contributed by atoms with E-state index in [1.165, 1.54) is 6.07 Å². The number of nitrogens with zero attached hydrogens (tertiary/aromatic N) is 4. The normalized spacial score (nSPS) is 18.0. The van der Waals surface area contributed by atoms with E-state index in [4.69, 9.17) is 0 Å².